The molecule has 0 radical (unpaired) electrons. The van der Waals surface area contributed by atoms with Gasteiger partial charge < -0.3 is 15.3 Å². The van der Waals surface area contributed by atoms with E-state index in [0.29, 0.717) is 17.8 Å². The number of aryl methyl sites for hydroxylation is 1. The number of hydrogen-bond acceptors (Lipinski definition) is 5. The number of benzene rings is 1. The molecule has 0 spiro atoms. The fourth-order valence-electron chi connectivity index (χ4n) is 4.61. The first-order valence-corrected chi connectivity index (χ1v) is 11.9. The van der Waals surface area contributed by atoms with Gasteiger partial charge in [0.2, 0.25) is 0 Å². The summed E-state index contributed by atoms with van der Waals surface area (Å²) in [6.45, 7) is 12.4. The SMILES string of the molecule is Cc1ccc(-n2ncc(C(=O)Nc3ccc(C4(C)CCN(CC(C)(C)O)CC4)nc3)c2C)cc1. The van der Waals surface area contributed by atoms with Crippen molar-refractivity contribution >= 4 is 11.6 Å². The lowest BCUT2D eigenvalue weighted by Gasteiger charge is -2.40. The van der Waals surface area contributed by atoms with Crippen molar-refractivity contribution in [3.63, 3.8) is 0 Å². The number of β-amino-alcohol motifs (C(OH)–C–C–N with tert-alkyl or cyclic N) is 1. The molecule has 0 unspecified atom stereocenters. The van der Waals surface area contributed by atoms with Crippen LogP contribution in [0.4, 0.5) is 5.69 Å². The van der Waals surface area contributed by atoms with Gasteiger partial charge in [-0.3, -0.25) is 9.78 Å². The number of aliphatic hydroxyl groups is 1. The minimum atomic E-state index is -0.680. The Morgan fingerprint density at radius 3 is 2.35 bits per heavy atom. The van der Waals surface area contributed by atoms with E-state index in [9.17, 15) is 9.90 Å². The molecule has 0 atom stereocenters. The number of nitrogens with one attached hydrogen (secondary N) is 1. The Hall–Kier alpha value is -3.03. The van der Waals surface area contributed by atoms with Crippen LogP contribution in [0.25, 0.3) is 5.69 Å². The summed E-state index contributed by atoms with van der Waals surface area (Å²) in [6, 6.07) is 12.0. The average Bonchev–Trinajstić information content (AvgIpc) is 3.17. The van der Waals surface area contributed by atoms with Gasteiger partial charge in [-0.15, -0.1) is 0 Å². The van der Waals surface area contributed by atoms with Crippen LogP contribution in [0, 0.1) is 13.8 Å². The number of carbonyl (C=O) groups excluding carboxylic acids is 1. The molecule has 0 aliphatic carbocycles. The fourth-order valence-corrected chi connectivity index (χ4v) is 4.61. The molecular formula is C27H35N5O2. The Labute approximate surface area is 201 Å². The number of nitrogens with zero attached hydrogens (tertiary/aromatic N) is 4. The van der Waals surface area contributed by atoms with Crippen molar-refractivity contribution in [3.8, 4) is 5.69 Å². The first kappa shape index (κ1) is 24.1. The maximum atomic E-state index is 12.9. The second kappa shape index (κ2) is 9.31. The molecule has 1 fully saturated rings. The molecule has 2 N–H and O–H groups in total. The first-order valence-electron chi connectivity index (χ1n) is 11.9. The van der Waals surface area contributed by atoms with Crippen LogP contribution in [-0.2, 0) is 5.41 Å². The maximum Gasteiger partial charge on any atom is 0.259 e. The smallest absolute Gasteiger partial charge is 0.259 e. The number of anilines is 1. The molecule has 1 aliphatic rings. The molecule has 180 valence electrons. The van der Waals surface area contributed by atoms with Gasteiger partial charge in [-0.25, -0.2) is 4.68 Å². The summed E-state index contributed by atoms with van der Waals surface area (Å²) in [6.07, 6.45) is 5.31. The van der Waals surface area contributed by atoms with Crippen LogP contribution in [0.3, 0.4) is 0 Å². The Kier molecular flexibility index (Phi) is 6.60. The van der Waals surface area contributed by atoms with Gasteiger partial charge in [-0.05, 0) is 77.9 Å². The van der Waals surface area contributed by atoms with E-state index in [4.69, 9.17) is 4.98 Å². The third-order valence-electron chi connectivity index (χ3n) is 6.74. The van der Waals surface area contributed by atoms with Gasteiger partial charge in [0, 0.05) is 17.7 Å². The third-order valence-corrected chi connectivity index (χ3v) is 6.74. The molecule has 3 aromatic rings. The van der Waals surface area contributed by atoms with Gasteiger partial charge in [0.15, 0.2) is 0 Å². The van der Waals surface area contributed by atoms with Crippen LogP contribution >= 0.6 is 0 Å². The van der Waals surface area contributed by atoms with E-state index in [-0.39, 0.29) is 11.3 Å². The molecule has 0 saturated carbocycles. The highest BCUT2D eigenvalue weighted by molar-refractivity contribution is 6.04. The molecule has 2 aromatic heterocycles. The molecule has 3 heterocycles. The van der Waals surface area contributed by atoms with Crippen LogP contribution < -0.4 is 5.32 Å². The Bertz CT molecular complexity index is 1140. The van der Waals surface area contributed by atoms with Gasteiger partial charge >= 0.3 is 0 Å². The van der Waals surface area contributed by atoms with Gasteiger partial charge in [0.25, 0.3) is 5.91 Å². The molecular weight excluding hydrogens is 426 g/mol. The number of piperidine rings is 1. The fraction of sp³-hybridized carbons (Fsp3) is 0.444. The predicted octanol–water partition coefficient (Wildman–Crippen LogP) is 4.26. The Morgan fingerprint density at radius 2 is 1.76 bits per heavy atom. The van der Waals surface area contributed by atoms with Crippen LogP contribution in [0.5, 0.6) is 0 Å². The topological polar surface area (TPSA) is 83.3 Å². The molecule has 7 heteroatoms. The second-order valence-corrected chi connectivity index (χ2v) is 10.4. The lowest BCUT2D eigenvalue weighted by molar-refractivity contribution is 0.0218. The van der Waals surface area contributed by atoms with Crippen molar-refractivity contribution in [1.82, 2.24) is 19.7 Å². The van der Waals surface area contributed by atoms with Gasteiger partial charge in [-0.2, -0.15) is 5.10 Å². The van der Waals surface area contributed by atoms with Crippen molar-refractivity contribution in [3.05, 3.63) is 71.3 Å². The molecule has 34 heavy (non-hydrogen) atoms. The average molecular weight is 462 g/mol. The number of rotatable bonds is 6. The van der Waals surface area contributed by atoms with Gasteiger partial charge in [0.05, 0.1) is 40.6 Å². The number of amides is 1. The van der Waals surface area contributed by atoms with Crippen molar-refractivity contribution in [1.29, 1.82) is 0 Å². The van der Waals surface area contributed by atoms with E-state index in [1.54, 1.807) is 17.1 Å². The summed E-state index contributed by atoms with van der Waals surface area (Å²) < 4.78 is 1.78. The van der Waals surface area contributed by atoms with Crippen LogP contribution in [0.1, 0.15) is 60.9 Å². The number of carbonyl (C=O) groups is 1. The zero-order valence-electron chi connectivity index (χ0n) is 20.8. The molecule has 4 rings (SSSR count). The zero-order valence-corrected chi connectivity index (χ0v) is 20.8. The highest BCUT2D eigenvalue weighted by atomic mass is 16.3. The van der Waals surface area contributed by atoms with E-state index < -0.39 is 5.60 Å². The molecule has 1 aliphatic heterocycles. The molecule has 7 nitrogen and oxygen atoms in total. The third kappa shape index (κ3) is 5.37. The normalized spacial score (nSPS) is 16.4. The quantitative estimate of drug-likeness (QED) is 0.573. The van der Waals surface area contributed by atoms with Crippen LogP contribution in [0.15, 0.2) is 48.8 Å². The molecule has 1 amide bonds. The summed E-state index contributed by atoms with van der Waals surface area (Å²) in [5, 5.41) is 17.5. The Balaban J connectivity index is 1.40. The van der Waals surface area contributed by atoms with E-state index in [0.717, 1.165) is 43.0 Å². The van der Waals surface area contributed by atoms with Crippen LogP contribution in [0.2, 0.25) is 0 Å². The second-order valence-electron chi connectivity index (χ2n) is 10.4. The monoisotopic (exact) mass is 461 g/mol. The molecule has 1 saturated heterocycles. The summed E-state index contributed by atoms with van der Waals surface area (Å²) in [7, 11) is 0. The minimum Gasteiger partial charge on any atom is -0.389 e. The van der Waals surface area contributed by atoms with E-state index in [2.05, 4.69) is 22.2 Å². The first-order chi connectivity index (χ1) is 16.0. The summed E-state index contributed by atoms with van der Waals surface area (Å²) in [4.78, 5) is 19.9. The van der Waals surface area contributed by atoms with Crippen molar-refractivity contribution in [2.75, 3.05) is 25.0 Å². The molecule has 0 bridgehead atoms. The van der Waals surface area contributed by atoms with E-state index in [1.165, 1.54) is 5.56 Å². The zero-order chi connectivity index (χ0) is 24.5. The summed E-state index contributed by atoms with van der Waals surface area (Å²) in [5.74, 6) is -0.198. The van der Waals surface area contributed by atoms with Crippen molar-refractivity contribution in [2.24, 2.45) is 0 Å². The largest absolute Gasteiger partial charge is 0.389 e. The number of pyridine rings is 1. The Morgan fingerprint density at radius 1 is 1.09 bits per heavy atom. The van der Waals surface area contributed by atoms with Crippen molar-refractivity contribution in [2.45, 2.75) is 58.5 Å². The van der Waals surface area contributed by atoms with E-state index in [1.807, 2.05) is 64.1 Å². The van der Waals surface area contributed by atoms with Gasteiger partial charge in [0.1, 0.15) is 0 Å². The maximum absolute atomic E-state index is 12.9. The van der Waals surface area contributed by atoms with Crippen molar-refractivity contribution < 1.29 is 9.90 Å². The number of aromatic nitrogens is 3. The summed E-state index contributed by atoms with van der Waals surface area (Å²) >= 11 is 0. The van der Waals surface area contributed by atoms with E-state index >= 15 is 0 Å². The number of hydrogen-bond donors (Lipinski definition) is 2. The summed E-state index contributed by atoms with van der Waals surface area (Å²) in [5.41, 5.74) is 4.44. The highest BCUT2D eigenvalue weighted by Gasteiger charge is 2.34. The van der Waals surface area contributed by atoms with Crippen LogP contribution in [-0.4, -0.2) is 55.9 Å². The minimum absolute atomic E-state index is 0.00952. The standard InChI is InChI=1S/C27H35N5O2/c1-19-6-9-22(10-7-19)32-20(2)23(17-29-32)25(33)30-21-8-11-24(28-16-21)27(5)12-14-31(15-13-27)18-26(3,4)34/h6-11,16-17,34H,12-15,18H2,1-5H3,(H,30,33). The number of likely N-dealkylation sites (tertiary alicyclic amines) is 1. The lowest BCUT2D eigenvalue weighted by Crippen LogP contribution is -2.46. The lowest BCUT2D eigenvalue weighted by atomic mass is 9.77. The van der Waals surface area contributed by atoms with Gasteiger partial charge in [-0.1, -0.05) is 24.6 Å². The highest BCUT2D eigenvalue weighted by Crippen LogP contribution is 2.34. The molecule has 1 aromatic carbocycles. The predicted molar refractivity (Wildman–Crippen MR) is 135 cm³/mol.